The number of hydrogen-bond donors (Lipinski definition) is 0. The van der Waals surface area contributed by atoms with Crippen molar-refractivity contribution in [3.63, 3.8) is 0 Å². The van der Waals surface area contributed by atoms with Crippen LogP contribution in [0, 0.1) is 10.1 Å². The van der Waals surface area contributed by atoms with Crippen molar-refractivity contribution in [2.75, 3.05) is 34.1 Å². The molecule has 0 bridgehead atoms. The maximum absolute atomic E-state index is 11.5. The highest BCUT2D eigenvalue weighted by Crippen LogP contribution is 2.25. The van der Waals surface area contributed by atoms with Crippen LogP contribution in [0.2, 0.25) is 4.47 Å². The van der Waals surface area contributed by atoms with Gasteiger partial charge in [-0.1, -0.05) is 11.6 Å². The number of rotatable bonds is 3. The van der Waals surface area contributed by atoms with Gasteiger partial charge < -0.3 is 0 Å². The van der Waals surface area contributed by atoms with E-state index >= 15 is 0 Å². The van der Waals surface area contributed by atoms with Gasteiger partial charge in [-0.15, -0.1) is 11.3 Å². The van der Waals surface area contributed by atoms with Crippen molar-refractivity contribution in [1.29, 1.82) is 0 Å². The van der Waals surface area contributed by atoms with Crippen LogP contribution >= 0.6 is 22.9 Å². The van der Waals surface area contributed by atoms with E-state index < -0.39 is 0 Å². The van der Waals surface area contributed by atoms with E-state index in [9.17, 15) is 10.1 Å². The number of aromatic nitrogens is 1. The van der Waals surface area contributed by atoms with Gasteiger partial charge in [0.2, 0.25) is 5.03 Å². The second-order valence-electron chi connectivity index (χ2n) is 4.71. The Bertz CT molecular complexity index is 444. The van der Waals surface area contributed by atoms with E-state index in [1.165, 1.54) is 11.3 Å². The van der Waals surface area contributed by atoms with Gasteiger partial charge in [0.25, 0.3) is 0 Å². The lowest BCUT2D eigenvalue weighted by molar-refractivity contribution is -1.34. The summed E-state index contributed by atoms with van der Waals surface area (Å²) < 4.78 is 0.191. The average Bonchev–Trinajstić information content (AvgIpc) is 2.61. The van der Waals surface area contributed by atoms with Crippen molar-refractivity contribution < 1.29 is 9.62 Å². The molecular weight excluding hydrogens is 278 g/mol. The Morgan fingerprint density at radius 1 is 1.56 bits per heavy atom. The van der Waals surface area contributed by atoms with E-state index in [2.05, 4.69) is 4.98 Å². The zero-order chi connectivity index (χ0) is 13.3. The first-order valence-electron chi connectivity index (χ1n) is 5.39. The highest BCUT2D eigenvalue weighted by atomic mass is 35.5. The fourth-order valence-electron chi connectivity index (χ4n) is 2.35. The van der Waals surface area contributed by atoms with E-state index in [-0.39, 0.29) is 9.62 Å². The second-order valence-corrected chi connectivity index (χ2v) is 6.40. The predicted octanol–water partition coefficient (Wildman–Crippen LogP) is 1.05. The zero-order valence-electron chi connectivity index (χ0n) is 10.2. The lowest BCUT2D eigenvalue weighted by Gasteiger charge is -2.38. The number of nitrogens with zero attached hydrogens (tertiary/aromatic N) is 5. The fraction of sp³-hybridized carbons (Fsp3) is 0.667. The van der Waals surface area contributed by atoms with Gasteiger partial charge in [0.05, 0.1) is 11.5 Å². The van der Waals surface area contributed by atoms with Crippen molar-refractivity contribution >= 4 is 22.9 Å². The van der Waals surface area contributed by atoms with Crippen molar-refractivity contribution in [2.45, 2.75) is 6.54 Å². The van der Waals surface area contributed by atoms with Crippen molar-refractivity contribution in [3.8, 4) is 0 Å². The van der Waals surface area contributed by atoms with Gasteiger partial charge in [-0.2, -0.15) is 0 Å². The molecule has 0 saturated carbocycles. The summed E-state index contributed by atoms with van der Waals surface area (Å²) in [4.78, 5) is 20.1. The Hall–Kier alpha value is -0.800. The molecule has 1 saturated heterocycles. The topological polar surface area (TPSA) is 62.5 Å². The fourth-order valence-corrected chi connectivity index (χ4v) is 3.43. The third-order valence-corrected chi connectivity index (χ3v) is 3.91. The lowest BCUT2D eigenvalue weighted by atomic mass is 10.4. The molecule has 0 atom stereocenters. The van der Waals surface area contributed by atoms with Gasteiger partial charge in [-0.25, -0.2) is 24.9 Å². The molecule has 0 amide bonds. The van der Waals surface area contributed by atoms with Crippen LogP contribution in [0.3, 0.4) is 0 Å². The predicted molar refractivity (Wildman–Crippen MR) is 68.2 cm³/mol. The van der Waals surface area contributed by atoms with Crippen LogP contribution in [0.15, 0.2) is 6.20 Å². The molecule has 0 radical (unpaired) electrons. The molecule has 7 nitrogen and oxygen atoms in total. The maximum Gasteiger partial charge on any atom is 0.240 e. The molecule has 1 fully saturated rings. The summed E-state index contributed by atoms with van der Waals surface area (Å²) in [5.74, 6) is 0. The normalized spacial score (nSPS) is 21.1. The first kappa shape index (κ1) is 13.6. The standard InChI is InChI=1S/C9H15ClN5O2S/c1-12-5-13(2)7-15(6-12,14(16)17)4-8-3-11-9(10)18-8/h3H,4-7H2,1-2H3/q+1. The summed E-state index contributed by atoms with van der Waals surface area (Å²) >= 11 is 7.07. The number of nitro groups is 1. The number of thiazole rings is 1. The summed E-state index contributed by atoms with van der Waals surface area (Å²) in [7, 11) is 3.76. The highest BCUT2D eigenvalue weighted by Gasteiger charge is 2.46. The molecule has 2 heterocycles. The quantitative estimate of drug-likeness (QED) is 0.473. The van der Waals surface area contributed by atoms with Gasteiger partial charge in [-0.05, 0) is 18.7 Å². The van der Waals surface area contributed by atoms with Gasteiger partial charge in [0.1, 0.15) is 0 Å². The Morgan fingerprint density at radius 2 is 2.17 bits per heavy atom. The molecule has 1 aliphatic heterocycles. The van der Waals surface area contributed by atoms with Gasteiger partial charge >= 0.3 is 0 Å². The van der Waals surface area contributed by atoms with Crippen molar-refractivity contribution in [1.82, 2.24) is 14.8 Å². The Labute approximate surface area is 114 Å². The van der Waals surface area contributed by atoms with Gasteiger partial charge in [0.15, 0.2) is 24.3 Å². The van der Waals surface area contributed by atoms with E-state index in [0.29, 0.717) is 24.3 Å². The minimum absolute atomic E-state index is 0.222. The summed E-state index contributed by atoms with van der Waals surface area (Å²) in [5, 5.41) is 11.2. The Morgan fingerprint density at radius 3 is 2.61 bits per heavy atom. The van der Waals surface area contributed by atoms with Crippen molar-refractivity contribution in [2.24, 2.45) is 0 Å². The van der Waals surface area contributed by atoms with Crippen LogP contribution in [-0.4, -0.2) is 58.5 Å². The first-order chi connectivity index (χ1) is 8.41. The zero-order valence-corrected chi connectivity index (χ0v) is 11.8. The summed E-state index contributed by atoms with van der Waals surface area (Å²) in [6.07, 6.45) is 1.62. The number of hydrogen-bond acceptors (Lipinski definition) is 6. The molecule has 0 aliphatic carbocycles. The molecule has 9 heteroatoms. The summed E-state index contributed by atoms with van der Waals surface area (Å²) in [6.45, 7) is 1.81. The van der Waals surface area contributed by atoms with E-state index in [1.807, 2.05) is 23.9 Å². The molecule has 1 aliphatic rings. The Balaban J connectivity index is 2.23. The van der Waals surface area contributed by atoms with Crippen LogP contribution < -0.4 is 0 Å². The summed E-state index contributed by atoms with van der Waals surface area (Å²) in [5.41, 5.74) is 0. The highest BCUT2D eigenvalue weighted by molar-refractivity contribution is 7.15. The van der Waals surface area contributed by atoms with E-state index in [0.717, 1.165) is 11.5 Å². The minimum Gasteiger partial charge on any atom is -0.242 e. The van der Waals surface area contributed by atoms with Crippen LogP contribution in [0.1, 0.15) is 4.88 Å². The second kappa shape index (κ2) is 5.06. The average molecular weight is 293 g/mol. The molecule has 1 aromatic heterocycles. The van der Waals surface area contributed by atoms with E-state index in [1.54, 1.807) is 6.20 Å². The van der Waals surface area contributed by atoms with Crippen molar-refractivity contribution in [3.05, 3.63) is 25.7 Å². The van der Waals surface area contributed by atoms with Gasteiger partial charge in [-0.3, -0.25) is 0 Å². The maximum atomic E-state index is 11.5. The molecule has 18 heavy (non-hydrogen) atoms. The number of quaternary nitrogens is 1. The molecule has 1 aromatic rings. The third kappa shape index (κ3) is 2.78. The SMILES string of the molecule is CN1CN(C)C[N+](Cc2cnc(Cl)s2)([N+](=O)[O-])C1. The minimum atomic E-state index is -0.231. The smallest absolute Gasteiger partial charge is 0.240 e. The molecule has 0 aromatic carbocycles. The van der Waals surface area contributed by atoms with Gasteiger partial charge in [0, 0.05) is 6.20 Å². The first-order valence-corrected chi connectivity index (χ1v) is 6.59. The summed E-state index contributed by atoms with van der Waals surface area (Å²) in [6, 6.07) is 0. The lowest BCUT2D eigenvalue weighted by Crippen LogP contribution is -2.65. The molecule has 0 unspecified atom stereocenters. The van der Waals surface area contributed by atoms with Crippen LogP contribution in [0.25, 0.3) is 0 Å². The van der Waals surface area contributed by atoms with Crippen LogP contribution in [0.4, 0.5) is 0 Å². The van der Waals surface area contributed by atoms with Crippen LogP contribution in [-0.2, 0) is 6.54 Å². The van der Waals surface area contributed by atoms with E-state index in [4.69, 9.17) is 11.6 Å². The largest absolute Gasteiger partial charge is 0.242 e. The molecule has 100 valence electrons. The molecule has 0 spiro atoms. The Kier molecular flexibility index (Phi) is 3.83. The number of halogens is 1. The molecule has 0 N–H and O–H groups in total. The monoisotopic (exact) mass is 292 g/mol. The molecule has 2 rings (SSSR count). The third-order valence-electron chi connectivity index (χ3n) is 2.81. The molecular formula is C9H15ClN5O2S+. The van der Waals surface area contributed by atoms with Crippen LogP contribution in [0.5, 0.6) is 0 Å².